The van der Waals surface area contributed by atoms with Crippen LogP contribution in [0.15, 0.2) is 59.5 Å². The van der Waals surface area contributed by atoms with Gasteiger partial charge in [0.25, 0.3) is 0 Å². The molecule has 0 N–H and O–H groups in total. The Morgan fingerprint density at radius 2 is 1.64 bits per heavy atom. The third kappa shape index (κ3) is 4.58. The summed E-state index contributed by atoms with van der Waals surface area (Å²) >= 11 is 0. The van der Waals surface area contributed by atoms with E-state index in [2.05, 4.69) is 39.0 Å². The van der Waals surface area contributed by atoms with Crippen molar-refractivity contribution in [2.24, 2.45) is 0 Å². The topological polar surface area (TPSA) is 35.5 Å². The minimum atomic E-state index is -1.84. The van der Waals surface area contributed by atoms with E-state index in [0.29, 0.717) is 0 Å². The van der Waals surface area contributed by atoms with Crippen LogP contribution in [0.5, 0.6) is 0 Å². The van der Waals surface area contributed by atoms with Crippen LogP contribution in [0, 0.1) is 0 Å². The quantitative estimate of drug-likeness (QED) is 0.568. The Morgan fingerprint density at radius 1 is 1.04 bits per heavy atom. The van der Waals surface area contributed by atoms with Crippen LogP contribution in [-0.2, 0) is 19.5 Å². The molecule has 2 atom stereocenters. The zero-order valence-corrected chi connectivity index (χ0v) is 15.4. The molecule has 0 bridgehead atoms. The number of esters is 1. The molecule has 5 heteroatoms. The summed E-state index contributed by atoms with van der Waals surface area (Å²) in [6.07, 6.45) is 0. The molecule has 0 amide bonds. The van der Waals surface area contributed by atoms with Gasteiger partial charge in [0.1, 0.15) is 0 Å². The Morgan fingerprint density at radius 3 is 2.24 bits per heavy atom. The molecule has 130 valence electrons. The van der Waals surface area contributed by atoms with Gasteiger partial charge in [0.2, 0.25) is 0 Å². The van der Waals surface area contributed by atoms with E-state index < -0.39 is 10.3 Å². The van der Waals surface area contributed by atoms with E-state index >= 15 is 0 Å². The number of rotatable bonds is 3. The standard InChI is InChI=1S/C20H24O3S.K.H/c1-15(21)22-19-18-13-9-8-10-16(18)14-24(19,23-20(2,3)4)17-11-6-5-7-12-17;;/h5-13,19H,14H2,1-4H3;;. The number of hydrogen-bond donors (Lipinski definition) is 0. The second-order valence-electron chi connectivity index (χ2n) is 7.02. The SMILES string of the molecule is CC(=O)OC1c2ccccc2CS1(OC(C)(C)C)c1ccccc1.[KH]. The summed E-state index contributed by atoms with van der Waals surface area (Å²) < 4.78 is 12.5. The van der Waals surface area contributed by atoms with Crippen molar-refractivity contribution >= 4 is 67.7 Å². The molecule has 0 saturated heterocycles. The number of carbonyl (C=O) groups excluding carboxylic acids is 1. The van der Waals surface area contributed by atoms with Gasteiger partial charge in [0.15, 0.2) is 5.44 Å². The molecule has 1 aliphatic rings. The van der Waals surface area contributed by atoms with Gasteiger partial charge in [-0.05, 0) is 38.5 Å². The molecule has 1 aliphatic heterocycles. The summed E-state index contributed by atoms with van der Waals surface area (Å²) in [7, 11) is -1.84. The molecule has 0 spiro atoms. The first-order valence-electron chi connectivity index (χ1n) is 8.12. The molecule has 2 unspecified atom stereocenters. The van der Waals surface area contributed by atoms with Crippen LogP contribution in [0.1, 0.15) is 44.3 Å². The molecular weight excluding hydrogens is 359 g/mol. The van der Waals surface area contributed by atoms with E-state index in [-0.39, 0.29) is 68.4 Å². The van der Waals surface area contributed by atoms with Gasteiger partial charge < -0.3 is 8.92 Å². The van der Waals surface area contributed by atoms with Crippen LogP contribution in [-0.4, -0.2) is 63.0 Å². The molecule has 2 aromatic carbocycles. The molecule has 2 aromatic rings. The van der Waals surface area contributed by atoms with Crippen molar-refractivity contribution in [1.29, 1.82) is 0 Å². The second-order valence-corrected chi connectivity index (χ2v) is 9.83. The summed E-state index contributed by atoms with van der Waals surface area (Å²) in [4.78, 5) is 12.9. The Balaban J connectivity index is 0.00000225. The van der Waals surface area contributed by atoms with Crippen molar-refractivity contribution in [2.75, 3.05) is 0 Å². The zero-order chi connectivity index (χ0) is 17.4. The number of carbonyl (C=O) groups is 1. The summed E-state index contributed by atoms with van der Waals surface area (Å²) in [5.74, 6) is 0.490. The predicted octanol–water partition coefficient (Wildman–Crippen LogP) is 4.71. The van der Waals surface area contributed by atoms with Crippen LogP contribution in [0.25, 0.3) is 0 Å². The minimum absolute atomic E-state index is 0. The normalized spacial score (nSPS) is 24.6. The molecule has 3 rings (SSSR count). The molecule has 0 saturated carbocycles. The van der Waals surface area contributed by atoms with Crippen LogP contribution in [0.3, 0.4) is 0 Å². The molecule has 0 aromatic heterocycles. The number of ether oxygens (including phenoxy) is 1. The van der Waals surface area contributed by atoms with E-state index in [0.717, 1.165) is 16.2 Å². The van der Waals surface area contributed by atoms with E-state index in [1.165, 1.54) is 12.5 Å². The average molecular weight is 385 g/mol. The van der Waals surface area contributed by atoms with Crippen molar-refractivity contribution in [3.05, 3.63) is 65.7 Å². The fourth-order valence-electron chi connectivity index (χ4n) is 3.12. The van der Waals surface area contributed by atoms with E-state index in [1.807, 2.05) is 36.4 Å². The third-order valence-electron chi connectivity index (χ3n) is 3.84. The van der Waals surface area contributed by atoms with Gasteiger partial charge in [-0.15, -0.1) is 0 Å². The van der Waals surface area contributed by atoms with Gasteiger partial charge in [-0.3, -0.25) is 4.79 Å². The average Bonchev–Trinajstić information content (AvgIpc) is 2.81. The van der Waals surface area contributed by atoms with Crippen LogP contribution >= 0.6 is 10.3 Å². The number of benzene rings is 2. The Kier molecular flexibility index (Phi) is 6.99. The van der Waals surface area contributed by atoms with E-state index in [1.54, 1.807) is 0 Å². The van der Waals surface area contributed by atoms with E-state index in [9.17, 15) is 4.79 Å². The Hall–Kier alpha value is -0.144. The summed E-state index contributed by atoms with van der Waals surface area (Å²) in [5, 5.41) is 0. The first-order valence-corrected chi connectivity index (χ1v) is 9.91. The first kappa shape index (κ1) is 21.2. The molecule has 0 aliphatic carbocycles. The first-order chi connectivity index (χ1) is 11.3. The number of fused-ring (bicyclic) bond motifs is 1. The van der Waals surface area contributed by atoms with Crippen molar-refractivity contribution in [1.82, 2.24) is 0 Å². The molecule has 0 radical (unpaired) electrons. The molecule has 3 nitrogen and oxygen atoms in total. The zero-order valence-electron chi connectivity index (χ0n) is 14.6. The summed E-state index contributed by atoms with van der Waals surface area (Å²) in [6, 6.07) is 18.4. The van der Waals surface area contributed by atoms with Crippen molar-refractivity contribution in [2.45, 2.75) is 49.4 Å². The predicted molar refractivity (Wildman–Crippen MR) is 105 cm³/mol. The van der Waals surface area contributed by atoms with Crippen molar-refractivity contribution in [3.63, 3.8) is 0 Å². The van der Waals surface area contributed by atoms with Crippen molar-refractivity contribution in [3.8, 4) is 0 Å². The molecular formula is C20H25KO3S. The maximum absolute atomic E-state index is 11.8. The van der Waals surface area contributed by atoms with E-state index in [4.69, 9.17) is 8.92 Å². The van der Waals surface area contributed by atoms with Gasteiger partial charge in [0, 0.05) is 23.1 Å². The fraction of sp³-hybridized carbons (Fsp3) is 0.350. The Labute approximate surface area is 194 Å². The van der Waals surface area contributed by atoms with Crippen LogP contribution in [0.4, 0.5) is 0 Å². The van der Waals surface area contributed by atoms with Crippen LogP contribution in [0.2, 0.25) is 0 Å². The van der Waals surface area contributed by atoms with Crippen molar-refractivity contribution < 1.29 is 13.7 Å². The van der Waals surface area contributed by atoms with Gasteiger partial charge in [-0.1, -0.05) is 52.8 Å². The molecule has 0 fully saturated rings. The summed E-state index contributed by atoms with van der Waals surface area (Å²) in [6.45, 7) is 7.63. The monoisotopic (exact) mass is 384 g/mol. The molecule has 25 heavy (non-hydrogen) atoms. The second kappa shape index (κ2) is 8.25. The summed E-state index contributed by atoms with van der Waals surface area (Å²) in [5.41, 5.74) is 1.56. The molecule has 1 heterocycles. The van der Waals surface area contributed by atoms with Gasteiger partial charge in [-0.25, -0.2) is 0 Å². The van der Waals surface area contributed by atoms with Gasteiger partial charge >= 0.3 is 57.4 Å². The maximum atomic E-state index is 11.8. The van der Waals surface area contributed by atoms with Crippen LogP contribution < -0.4 is 0 Å². The third-order valence-corrected chi connectivity index (χ3v) is 7.49. The van der Waals surface area contributed by atoms with Gasteiger partial charge in [-0.2, -0.15) is 0 Å². The van der Waals surface area contributed by atoms with Gasteiger partial charge in [0.05, 0.1) is 5.60 Å². The number of hydrogen-bond acceptors (Lipinski definition) is 3. The Bertz CT molecular complexity index is 742. The fourth-order valence-corrected chi connectivity index (χ4v) is 7.10.